The molecule has 1 saturated heterocycles. The molecule has 0 aromatic heterocycles. The molecule has 2 aliphatic heterocycles. The molecule has 2 heterocycles. The van der Waals surface area contributed by atoms with Crippen LogP contribution < -0.4 is 10.6 Å². The van der Waals surface area contributed by atoms with Gasteiger partial charge in [0.05, 0.1) is 23.5 Å². The summed E-state index contributed by atoms with van der Waals surface area (Å²) in [6.45, 7) is 8.31. The predicted molar refractivity (Wildman–Crippen MR) is 123 cm³/mol. The maximum atomic E-state index is 13.0. The van der Waals surface area contributed by atoms with Crippen molar-refractivity contribution in [3.05, 3.63) is 35.5 Å². The van der Waals surface area contributed by atoms with Gasteiger partial charge < -0.3 is 30.1 Å². The summed E-state index contributed by atoms with van der Waals surface area (Å²) in [7, 11) is 0. The number of fused-ring (bicyclic) bond motifs is 1. The van der Waals surface area contributed by atoms with Gasteiger partial charge in [0, 0.05) is 12.2 Å². The van der Waals surface area contributed by atoms with E-state index in [1.807, 2.05) is 6.92 Å². The van der Waals surface area contributed by atoms with Crippen molar-refractivity contribution in [1.29, 1.82) is 0 Å². The Morgan fingerprint density at radius 1 is 1.18 bits per heavy atom. The SMILES string of the molecule is CCNC(=O)Nc1ccc(C2=C(C(=O)OCOC(=O)C(C)(C)C)N3C(=O)[C@H]([C@@H](C)O)[C@H]3C2)cc1. The second-order valence-corrected chi connectivity index (χ2v) is 9.37. The molecule has 3 rings (SSSR count). The number of rotatable bonds is 7. The van der Waals surface area contributed by atoms with Gasteiger partial charge in [-0.3, -0.25) is 9.59 Å². The Kier molecular flexibility index (Phi) is 7.30. The maximum Gasteiger partial charge on any atom is 0.358 e. The molecule has 0 bridgehead atoms. The van der Waals surface area contributed by atoms with Crippen molar-refractivity contribution < 1.29 is 33.8 Å². The van der Waals surface area contributed by atoms with Gasteiger partial charge in [-0.15, -0.1) is 0 Å². The lowest BCUT2D eigenvalue weighted by atomic mass is 9.82. The highest BCUT2D eigenvalue weighted by Crippen LogP contribution is 2.47. The van der Waals surface area contributed by atoms with Crippen LogP contribution in [0.1, 0.15) is 46.6 Å². The number of hydrogen-bond donors (Lipinski definition) is 3. The molecular formula is C24H31N3O7. The summed E-state index contributed by atoms with van der Waals surface area (Å²) in [5.41, 5.74) is 1.14. The summed E-state index contributed by atoms with van der Waals surface area (Å²) >= 11 is 0. The zero-order valence-electron chi connectivity index (χ0n) is 20.0. The first kappa shape index (κ1) is 25.2. The summed E-state index contributed by atoms with van der Waals surface area (Å²) < 4.78 is 10.2. The lowest BCUT2D eigenvalue weighted by molar-refractivity contribution is -0.175. The van der Waals surface area contributed by atoms with Crippen molar-refractivity contribution >= 4 is 35.1 Å². The molecule has 10 nitrogen and oxygen atoms in total. The van der Waals surface area contributed by atoms with E-state index in [9.17, 15) is 24.3 Å². The third kappa shape index (κ3) is 5.06. The number of amides is 3. The predicted octanol–water partition coefficient (Wildman–Crippen LogP) is 2.24. The van der Waals surface area contributed by atoms with Crippen LogP contribution in [-0.4, -0.2) is 59.4 Å². The zero-order valence-corrected chi connectivity index (χ0v) is 20.0. The normalized spacial score (nSPS) is 20.3. The van der Waals surface area contributed by atoms with E-state index in [1.165, 1.54) is 4.90 Å². The van der Waals surface area contributed by atoms with Gasteiger partial charge in [0.1, 0.15) is 5.70 Å². The number of ether oxygens (including phenoxy) is 2. The minimum absolute atomic E-state index is 0.0724. The lowest BCUT2D eigenvalue weighted by Crippen LogP contribution is -2.61. The number of anilines is 1. The largest absolute Gasteiger partial charge is 0.427 e. The molecule has 1 aromatic carbocycles. The van der Waals surface area contributed by atoms with Gasteiger partial charge in [-0.2, -0.15) is 0 Å². The zero-order chi connectivity index (χ0) is 25.2. The minimum atomic E-state index is -0.859. The van der Waals surface area contributed by atoms with E-state index in [2.05, 4.69) is 10.6 Å². The van der Waals surface area contributed by atoms with E-state index < -0.39 is 36.2 Å². The number of nitrogens with one attached hydrogen (secondary N) is 2. The Balaban J connectivity index is 1.82. The average Bonchev–Trinajstić information content (AvgIpc) is 3.08. The molecule has 34 heavy (non-hydrogen) atoms. The molecule has 3 amide bonds. The first-order valence-corrected chi connectivity index (χ1v) is 11.2. The molecule has 0 unspecified atom stereocenters. The summed E-state index contributed by atoms with van der Waals surface area (Å²) in [5, 5.41) is 15.4. The topological polar surface area (TPSA) is 134 Å². The van der Waals surface area contributed by atoms with Crippen LogP contribution in [0, 0.1) is 11.3 Å². The van der Waals surface area contributed by atoms with Crippen molar-refractivity contribution in [2.45, 2.75) is 53.2 Å². The highest BCUT2D eigenvalue weighted by molar-refractivity contribution is 6.07. The number of benzene rings is 1. The molecular weight excluding hydrogens is 442 g/mol. The smallest absolute Gasteiger partial charge is 0.358 e. The molecule has 2 aliphatic rings. The van der Waals surface area contributed by atoms with E-state index in [1.54, 1.807) is 52.0 Å². The molecule has 3 atom stereocenters. The van der Waals surface area contributed by atoms with Crippen LogP contribution in [0.4, 0.5) is 10.5 Å². The van der Waals surface area contributed by atoms with Crippen molar-refractivity contribution in [1.82, 2.24) is 10.2 Å². The fourth-order valence-corrected chi connectivity index (χ4v) is 4.03. The summed E-state index contributed by atoms with van der Waals surface area (Å²) in [4.78, 5) is 50.7. The minimum Gasteiger partial charge on any atom is -0.427 e. The lowest BCUT2D eigenvalue weighted by Gasteiger charge is -2.44. The van der Waals surface area contributed by atoms with E-state index in [0.29, 0.717) is 29.8 Å². The van der Waals surface area contributed by atoms with E-state index >= 15 is 0 Å². The van der Waals surface area contributed by atoms with Crippen molar-refractivity contribution in [2.24, 2.45) is 11.3 Å². The third-order valence-corrected chi connectivity index (χ3v) is 5.74. The van der Waals surface area contributed by atoms with Crippen LogP contribution >= 0.6 is 0 Å². The summed E-state index contributed by atoms with van der Waals surface area (Å²) in [6, 6.07) is 6.15. The molecule has 1 fully saturated rings. The Morgan fingerprint density at radius 3 is 2.38 bits per heavy atom. The fourth-order valence-electron chi connectivity index (χ4n) is 4.03. The fraction of sp³-hybridized carbons (Fsp3) is 0.500. The second kappa shape index (κ2) is 9.84. The van der Waals surface area contributed by atoms with Crippen molar-refractivity contribution in [3.63, 3.8) is 0 Å². The number of urea groups is 1. The number of nitrogens with zero attached hydrogens (tertiary/aromatic N) is 1. The van der Waals surface area contributed by atoms with Crippen LogP contribution in [0.3, 0.4) is 0 Å². The molecule has 184 valence electrons. The van der Waals surface area contributed by atoms with Crippen molar-refractivity contribution in [2.75, 3.05) is 18.7 Å². The highest BCUT2D eigenvalue weighted by Gasteiger charge is 2.57. The van der Waals surface area contributed by atoms with E-state index in [4.69, 9.17) is 9.47 Å². The number of hydrogen-bond acceptors (Lipinski definition) is 7. The molecule has 0 aliphatic carbocycles. The van der Waals surface area contributed by atoms with Gasteiger partial charge >= 0.3 is 18.0 Å². The van der Waals surface area contributed by atoms with Gasteiger partial charge in [0.25, 0.3) is 0 Å². The Labute approximate surface area is 198 Å². The first-order valence-electron chi connectivity index (χ1n) is 11.2. The monoisotopic (exact) mass is 473 g/mol. The van der Waals surface area contributed by atoms with Gasteiger partial charge in [0.2, 0.25) is 12.7 Å². The molecule has 1 aromatic rings. The van der Waals surface area contributed by atoms with E-state index in [0.717, 1.165) is 0 Å². The Bertz CT molecular complexity index is 1010. The molecule has 0 spiro atoms. The number of aliphatic hydroxyl groups excluding tert-OH is 1. The standard InChI is InChI=1S/C24H31N3O7/c1-6-25-23(32)26-15-9-7-14(8-10-15)16-11-17-18(13(2)28)20(29)27(17)19(16)21(30)33-12-34-22(31)24(3,4)5/h7-10,13,17-18,28H,6,11-12H2,1-5H3,(H2,25,26,32)/t13-,17-,18-/m1/s1. The van der Waals surface area contributed by atoms with Gasteiger partial charge in [0.15, 0.2) is 0 Å². The first-order chi connectivity index (χ1) is 16.0. The quantitative estimate of drug-likeness (QED) is 0.314. The third-order valence-electron chi connectivity index (χ3n) is 5.74. The number of carbonyl (C=O) groups is 4. The summed E-state index contributed by atoms with van der Waals surface area (Å²) in [6.07, 6.45) is -0.502. The van der Waals surface area contributed by atoms with E-state index in [-0.39, 0.29) is 23.7 Å². The average molecular weight is 474 g/mol. The van der Waals surface area contributed by atoms with Gasteiger partial charge in [-0.05, 0) is 64.3 Å². The molecule has 3 N–H and O–H groups in total. The van der Waals surface area contributed by atoms with Crippen LogP contribution in [0.15, 0.2) is 30.0 Å². The van der Waals surface area contributed by atoms with Crippen LogP contribution in [0.25, 0.3) is 5.57 Å². The van der Waals surface area contributed by atoms with Gasteiger partial charge in [-0.25, -0.2) is 9.59 Å². The molecule has 0 saturated carbocycles. The maximum absolute atomic E-state index is 13.0. The number of aliphatic hydroxyl groups is 1. The summed E-state index contributed by atoms with van der Waals surface area (Å²) in [5.74, 6) is -2.29. The number of β-lactam (4-membered cyclic amide) rings is 1. The van der Waals surface area contributed by atoms with Crippen LogP contribution in [0.5, 0.6) is 0 Å². The Hall–Kier alpha value is -3.40. The van der Waals surface area contributed by atoms with Crippen LogP contribution in [-0.2, 0) is 23.9 Å². The number of carbonyl (C=O) groups excluding carboxylic acids is 4. The van der Waals surface area contributed by atoms with Crippen LogP contribution in [0.2, 0.25) is 0 Å². The molecule has 10 heteroatoms. The van der Waals surface area contributed by atoms with Gasteiger partial charge in [-0.1, -0.05) is 12.1 Å². The molecule has 0 radical (unpaired) electrons. The number of esters is 2. The van der Waals surface area contributed by atoms with Crippen molar-refractivity contribution in [3.8, 4) is 0 Å². The second-order valence-electron chi connectivity index (χ2n) is 9.37. The highest BCUT2D eigenvalue weighted by atomic mass is 16.7. The Morgan fingerprint density at radius 2 is 1.82 bits per heavy atom.